The van der Waals surface area contributed by atoms with Crippen molar-refractivity contribution in [1.82, 2.24) is 0 Å². The van der Waals surface area contributed by atoms with E-state index in [0.717, 1.165) is 0 Å². The summed E-state index contributed by atoms with van der Waals surface area (Å²) < 4.78 is -0.205. The molecule has 9 heavy (non-hydrogen) atoms. The zero-order valence-corrected chi connectivity index (χ0v) is 6.72. The van der Waals surface area contributed by atoms with Crippen LogP contribution in [0.2, 0.25) is 0 Å². The van der Waals surface area contributed by atoms with Gasteiger partial charge in [0.05, 0.1) is 10.4 Å². The summed E-state index contributed by atoms with van der Waals surface area (Å²) in [4.78, 5) is 0. The Kier molecular flexibility index (Phi) is 1.95. The fraction of sp³-hybridized carbons (Fsp3) is 0.400. The van der Waals surface area contributed by atoms with Crippen LogP contribution in [0.3, 0.4) is 0 Å². The monoisotopic (exact) mass is 179 g/mol. The predicted octanol–water partition coefficient (Wildman–Crippen LogP) is 2.66. The number of halogens is 2. The van der Waals surface area contributed by atoms with Gasteiger partial charge in [-0.1, -0.05) is 41.0 Å². The molecule has 1 rings (SSSR count). The molecule has 1 nitrogen and oxygen atoms in total. The van der Waals surface area contributed by atoms with Crippen LogP contribution in [0, 0.1) is 11.3 Å². The number of alkyl halides is 1. The summed E-state index contributed by atoms with van der Waals surface area (Å²) in [6, 6.07) is 1.96. The number of hydrogen-bond acceptors (Lipinski definition) is 2. The average molecular weight is 180 g/mol. The van der Waals surface area contributed by atoms with E-state index in [9.17, 15) is 0 Å². The molecule has 0 fully saturated rings. The number of rotatable bonds is 0. The molecule has 1 aliphatic heterocycles. The van der Waals surface area contributed by atoms with Gasteiger partial charge in [0.25, 0.3) is 0 Å². The Hall–Kier alpha value is 0.160. The van der Waals surface area contributed by atoms with E-state index in [1.54, 1.807) is 6.08 Å². The summed E-state index contributed by atoms with van der Waals surface area (Å²) in [7, 11) is 0. The lowest BCUT2D eigenvalue weighted by molar-refractivity contribution is 1.02. The fourth-order valence-electron chi connectivity index (χ4n) is 0.518. The van der Waals surface area contributed by atoms with Gasteiger partial charge in [0.2, 0.25) is 0 Å². The number of thioether (sulfide) groups is 1. The van der Waals surface area contributed by atoms with Gasteiger partial charge < -0.3 is 0 Å². The van der Waals surface area contributed by atoms with Gasteiger partial charge in [0.15, 0.2) is 4.21 Å². The molecule has 0 saturated carbocycles. The van der Waals surface area contributed by atoms with E-state index in [-0.39, 0.29) is 0 Å². The van der Waals surface area contributed by atoms with Crippen molar-refractivity contribution >= 4 is 35.0 Å². The van der Waals surface area contributed by atoms with Crippen molar-refractivity contribution in [2.24, 2.45) is 0 Å². The van der Waals surface area contributed by atoms with Crippen molar-refractivity contribution in [3.05, 3.63) is 10.4 Å². The van der Waals surface area contributed by atoms with Crippen LogP contribution in [0.15, 0.2) is 10.4 Å². The maximum absolute atomic E-state index is 8.45. The van der Waals surface area contributed by atoms with Gasteiger partial charge in [-0.15, -0.1) is 0 Å². The van der Waals surface area contributed by atoms with E-state index < -0.39 is 4.21 Å². The van der Waals surface area contributed by atoms with E-state index in [1.807, 2.05) is 6.07 Å². The van der Waals surface area contributed by atoms with Crippen LogP contribution in [0.25, 0.3) is 0 Å². The third kappa shape index (κ3) is 1.54. The first-order valence-corrected chi connectivity index (χ1v) is 3.88. The molecule has 0 aromatic heterocycles. The molecule has 0 aliphatic carbocycles. The Morgan fingerprint density at radius 1 is 1.89 bits per heavy atom. The summed E-state index contributed by atoms with van der Waals surface area (Å²) >= 11 is 12.5. The van der Waals surface area contributed by atoms with Crippen molar-refractivity contribution in [2.75, 3.05) is 0 Å². The van der Waals surface area contributed by atoms with Crippen LogP contribution in [-0.2, 0) is 0 Å². The minimum absolute atomic E-state index is 0.536. The van der Waals surface area contributed by atoms with Gasteiger partial charge in [0.1, 0.15) is 0 Å². The van der Waals surface area contributed by atoms with E-state index in [2.05, 4.69) is 0 Å². The minimum atomic E-state index is -0.822. The zero-order valence-electron chi connectivity index (χ0n) is 4.40. The standard InChI is InChI=1S/C5H3Cl2NS/c6-4-1-2-5(7,3-8)9-4/h1H,2H2. The number of allylic oxidation sites excluding steroid dienone is 1. The van der Waals surface area contributed by atoms with Crippen LogP contribution in [0.5, 0.6) is 0 Å². The number of hydrogen-bond donors (Lipinski definition) is 0. The van der Waals surface area contributed by atoms with Gasteiger partial charge >= 0.3 is 0 Å². The molecule has 0 amide bonds. The van der Waals surface area contributed by atoms with Crippen LogP contribution in [-0.4, -0.2) is 4.21 Å². The maximum Gasteiger partial charge on any atom is 0.184 e. The molecule has 4 heteroatoms. The molecule has 0 spiro atoms. The normalized spacial score (nSPS) is 33.7. The molecule has 1 heterocycles. The summed E-state index contributed by atoms with van der Waals surface area (Å²) in [6.07, 6.45) is 2.29. The Balaban J connectivity index is 2.67. The lowest BCUT2D eigenvalue weighted by atomic mass is 10.3. The summed E-state index contributed by atoms with van der Waals surface area (Å²) in [5.74, 6) is 0. The molecular weight excluding hydrogens is 177 g/mol. The maximum atomic E-state index is 8.45. The molecular formula is C5H3Cl2NS. The molecule has 1 atom stereocenters. The summed E-state index contributed by atoms with van der Waals surface area (Å²) in [5.41, 5.74) is 0. The molecule has 1 aliphatic rings. The fourth-order valence-corrected chi connectivity index (χ4v) is 2.12. The lowest BCUT2D eigenvalue weighted by Gasteiger charge is -2.06. The van der Waals surface area contributed by atoms with Crippen molar-refractivity contribution in [2.45, 2.75) is 10.6 Å². The molecule has 0 aromatic carbocycles. The zero-order chi connectivity index (χ0) is 6.91. The minimum Gasteiger partial charge on any atom is -0.195 e. The molecule has 0 N–H and O–H groups in total. The second-order valence-corrected chi connectivity index (χ2v) is 4.50. The highest BCUT2D eigenvalue weighted by Gasteiger charge is 2.32. The van der Waals surface area contributed by atoms with Gasteiger partial charge in [-0.25, -0.2) is 0 Å². The van der Waals surface area contributed by atoms with Crippen molar-refractivity contribution in [1.29, 1.82) is 5.26 Å². The smallest absolute Gasteiger partial charge is 0.184 e. The second-order valence-electron chi connectivity index (χ2n) is 1.65. The topological polar surface area (TPSA) is 23.8 Å². The highest BCUT2D eigenvalue weighted by atomic mass is 35.5. The average Bonchev–Trinajstić information content (AvgIpc) is 2.13. The Labute approximate surface area is 67.6 Å². The highest BCUT2D eigenvalue weighted by molar-refractivity contribution is 8.07. The first-order chi connectivity index (χ1) is 4.16. The molecule has 0 aromatic rings. The van der Waals surface area contributed by atoms with E-state index in [0.29, 0.717) is 10.8 Å². The Bertz CT molecular complexity index is 196. The van der Waals surface area contributed by atoms with Crippen LogP contribution in [0.4, 0.5) is 0 Å². The largest absolute Gasteiger partial charge is 0.195 e. The number of nitriles is 1. The third-order valence-corrected chi connectivity index (χ3v) is 2.75. The van der Waals surface area contributed by atoms with E-state index >= 15 is 0 Å². The predicted molar refractivity (Wildman–Crippen MR) is 40.3 cm³/mol. The molecule has 0 bridgehead atoms. The first kappa shape index (κ1) is 7.27. The van der Waals surface area contributed by atoms with Crippen LogP contribution >= 0.6 is 35.0 Å². The third-order valence-electron chi connectivity index (χ3n) is 0.951. The van der Waals surface area contributed by atoms with Crippen molar-refractivity contribution in [3.8, 4) is 6.07 Å². The van der Waals surface area contributed by atoms with Crippen molar-refractivity contribution < 1.29 is 0 Å². The number of nitrogens with zero attached hydrogens (tertiary/aromatic N) is 1. The molecule has 48 valence electrons. The van der Waals surface area contributed by atoms with Gasteiger partial charge in [-0.2, -0.15) is 5.26 Å². The van der Waals surface area contributed by atoms with Gasteiger partial charge in [0, 0.05) is 6.42 Å². The van der Waals surface area contributed by atoms with Crippen LogP contribution < -0.4 is 0 Å². The van der Waals surface area contributed by atoms with E-state index in [1.165, 1.54) is 11.8 Å². The quantitative estimate of drug-likeness (QED) is 0.535. The second kappa shape index (κ2) is 2.42. The van der Waals surface area contributed by atoms with Gasteiger partial charge in [-0.3, -0.25) is 0 Å². The molecule has 0 saturated heterocycles. The summed E-state index contributed by atoms with van der Waals surface area (Å²) in [6.45, 7) is 0. The van der Waals surface area contributed by atoms with Crippen LogP contribution in [0.1, 0.15) is 6.42 Å². The lowest BCUT2D eigenvalue weighted by Crippen LogP contribution is -2.06. The summed E-state index contributed by atoms with van der Waals surface area (Å²) in [5, 5.41) is 8.45. The highest BCUT2D eigenvalue weighted by Crippen LogP contribution is 2.46. The first-order valence-electron chi connectivity index (χ1n) is 2.31. The van der Waals surface area contributed by atoms with E-state index in [4.69, 9.17) is 28.5 Å². The molecule has 1 unspecified atom stereocenters. The van der Waals surface area contributed by atoms with Gasteiger partial charge in [-0.05, 0) is 0 Å². The molecule has 0 radical (unpaired) electrons. The Morgan fingerprint density at radius 3 is 2.78 bits per heavy atom. The Morgan fingerprint density at radius 2 is 2.56 bits per heavy atom. The SMILES string of the molecule is N#CC1(Cl)CC=C(Cl)S1. The van der Waals surface area contributed by atoms with Crippen molar-refractivity contribution in [3.63, 3.8) is 0 Å².